The van der Waals surface area contributed by atoms with E-state index >= 15 is 0 Å². The van der Waals surface area contributed by atoms with E-state index in [0.29, 0.717) is 19.5 Å². The fourth-order valence-corrected chi connectivity index (χ4v) is 2.85. The smallest absolute Gasteiger partial charge is 0.240 e. The molecule has 1 atom stereocenters. The van der Waals surface area contributed by atoms with E-state index < -0.39 is 0 Å². The lowest BCUT2D eigenvalue weighted by Crippen LogP contribution is -2.41. The number of benzene rings is 1. The van der Waals surface area contributed by atoms with E-state index in [4.69, 9.17) is 4.74 Å². The van der Waals surface area contributed by atoms with E-state index in [0.717, 1.165) is 28.4 Å². The molecule has 0 saturated heterocycles. The van der Waals surface area contributed by atoms with Crippen molar-refractivity contribution in [2.24, 2.45) is 0 Å². The maximum absolute atomic E-state index is 12.5. The number of likely N-dealkylation sites (N-methyl/N-ethyl adjacent to an activating group) is 1. The van der Waals surface area contributed by atoms with Gasteiger partial charge in [-0.15, -0.1) is 0 Å². The molecule has 0 fully saturated rings. The van der Waals surface area contributed by atoms with Gasteiger partial charge in [0.25, 0.3) is 0 Å². The lowest BCUT2D eigenvalue weighted by Gasteiger charge is -2.24. The number of hydrogen-bond donors (Lipinski definition) is 0. The van der Waals surface area contributed by atoms with Gasteiger partial charge in [0, 0.05) is 24.7 Å². The highest BCUT2D eigenvalue weighted by Crippen LogP contribution is 2.22. The highest BCUT2D eigenvalue weighted by Gasteiger charge is 2.29. The second-order valence-corrected chi connectivity index (χ2v) is 6.62. The predicted molar refractivity (Wildman–Crippen MR) is 95.2 cm³/mol. The van der Waals surface area contributed by atoms with Crippen molar-refractivity contribution < 1.29 is 9.53 Å². The number of aromatic nitrogens is 2. The molecule has 0 aliphatic carbocycles. The van der Waals surface area contributed by atoms with Crippen LogP contribution in [0.25, 0.3) is 0 Å². The first kappa shape index (κ1) is 17.4. The van der Waals surface area contributed by atoms with Crippen LogP contribution in [0.2, 0.25) is 0 Å². The summed E-state index contributed by atoms with van der Waals surface area (Å²) in [6.45, 7) is 3.08. The van der Waals surface area contributed by atoms with Crippen molar-refractivity contribution in [3.8, 4) is 5.75 Å². The summed E-state index contributed by atoms with van der Waals surface area (Å²) < 4.78 is 5.18. The van der Waals surface area contributed by atoms with Gasteiger partial charge in [0.2, 0.25) is 5.91 Å². The molecule has 3 rings (SSSR count). The van der Waals surface area contributed by atoms with Crippen LogP contribution in [-0.4, -0.2) is 52.9 Å². The van der Waals surface area contributed by atoms with Crippen LogP contribution in [0.5, 0.6) is 5.75 Å². The number of rotatable bonds is 5. The normalized spacial score (nSPS) is 14.5. The Balaban J connectivity index is 1.70. The summed E-state index contributed by atoms with van der Waals surface area (Å²) >= 11 is 0. The van der Waals surface area contributed by atoms with Crippen LogP contribution in [-0.2, 0) is 24.3 Å². The monoisotopic (exact) mass is 340 g/mol. The second-order valence-electron chi connectivity index (χ2n) is 6.62. The third-order valence-electron chi connectivity index (χ3n) is 4.67. The summed E-state index contributed by atoms with van der Waals surface area (Å²) in [6.07, 6.45) is 2.52. The second kappa shape index (κ2) is 7.19. The number of carbonyl (C=O) groups excluding carboxylic acids is 1. The zero-order chi connectivity index (χ0) is 18.0. The summed E-state index contributed by atoms with van der Waals surface area (Å²) in [5.74, 6) is 1.74. The van der Waals surface area contributed by atoms with Gasteiger partial charge in [0.15, 0.2) is 0 Å². The third-order valence-corrected chi connectivity index (χ3v) is 4.67. The lowest BCUT2D eigenvalue weighted by molar-refractivity contribution is -0.136. The van der Waals surface area contributed by atoms with E-state index in [1.807, 2.05) is 61.3 Å². The van der Waals surface area contributed by atoms with Crippen LogP contribution in [0.1, 0.15) is 29.6 Å². The standard InChI is InChI=1S/C19H24N4O2/c1-13(22(2)3)19(24)23-11-15-10-20-18(21-17(15)12-23)9-14-5-7-16(25-4)8-6-14/h5-8,10,13H,9,11-12H2,1-4H3/t13-/m1/s1. The zero-order valence-corrected chi connectivity index (χ0v) is 15.2. The molecule has 2 aromatic rings. The van der Waals surface area contributed by atoms with E-state index in [-0.39, 0.29) is 11.9 Å². The van der Waals surface area contributed by atoms with Crippen molar-refractivity contribution in [3.05, 3.63) is 53.1 Å². The number of hydrogen-bond acceptors (Lipinski definition) is 5. The lowest BCUT2D eigenvalue weighted by atomic mass is 10.1. The fraction of sp³-hybridized carbons (Fsp3) is 0.421. The van der Waals surface area contributed by atoms with Crippen molar-refractivity contribution >= 4 is 5.91 Å². The van der Waals surface area contributed by atoms with Gasteiger partial charge >= 0.3 is 0 Å². The van der Waals surface area contributed by atoms with Gasteiger partial charge in [-0.2, -0.15) is 0 Å². The summed E-state index contributed by atoms with van der Waals surface area (Å²) in [7, 11) is 5.49. The van der Waals surface area contributed by atoms with Gasteiger partial charge in [-0.25, -0.2) is 9.97 Å². The van der Waals surface area contributed by atoms with Crippen LogP contribution in [0.3, 0.4) is 0 Å². The Labute approximate surface area is 148 Å². The minimum atomic E-state index is -0.138. The van der Waals surface area contributed by atoms with Crippen LogP contribution in [0.4, 0.5) is 0 Å². The number of ether oxygens (including phenoxy) is 1. The van der Waals surface area contributed by atoms with Crippen LogP contribution in [0.15, 0.2) is 30.5 Å². The highest BCUT2D eigenvalue weighted by atomic mass is 16.5. The Morgan fingerprint density at radius 2 is 2.00 bits per heavy atom. The molecule has 0 bridgehead atoms. The molecule has 25 heavy (non-hydrogen) atoms. The van der Waals surface area contributed by atoms with E-state index in [1.54, 1.807) is 7.11 Å². The molecule has 0 N–H and O–H groups in total. The molecule has 0 spiro atoms. The molecular weight excluding hydrogens is 316 g/mol. The molecule has 6 nitrogen and oxygen atoms in total. The Morgan fingerprint density at radius 1 is 1.28 bits per heavy atom. The quantitative estimate of drug-likeness (QED) is 0.832. The van der Waals surface area contributed by atoms with E-state index in [9.17, 15) is 4.79 Å². The number of methoxy groups -OCH3 is 1. The molecule has 0 radical (unpaired) electrons. The summed E-state index contributed by atoms with van der Waals surface area (Å²) in [6, 6.07) is 7.77. The molecule has 1 amide bonds. The van der Waals surface area contributed by atoms with E-state index in [1.165, 1.54) is 0 Å². The molecule has 1 aliphatic heterocycles. The minimum Gasteiger partial charge on any atom is -0.497 e. The highest BCUT2D eigenvalue weighted by molar-refractivity contribution is 5.81. The van der Waals surface area contributed by atoms with Crippen LogP contribution < -0.4 is 4.74 Å². The molecule has 132 valence electrons. The van der Waals surface area contributed by atoms with Crippen LogP contribution in [0, 0.1) is 0 Å². The van der Waals surface area contributed by atoms with Gasteiger partial charge in [-0.05, 0) is 38.7 Å². The Morgan fingerprint density at radius 3 is 2.64 bits per heavy atom. The number of nitrogens with zero attached hydrogens (tertiary/aromatic N) is 4. The molecule has 0 unspecified atom stereocenters. The number of carbonyl (C=O) groups is 1. The SMILES string of the molecule is COc1ccc(Cc2ncc3c(n2)CN(C(=O)[C@@H](C)N(C)C)C3)cc1. The average molecular weight is 340 g/mol. The number of fused-ring (bicyclic) bond motifs is 1. The van der Waals surface area contributed by atoms with Gasteiger partial charge in [-0.3, -0.25) is 9.69 Å². The first-order valence-electron chi connectivity index (χ1n) is 8.39. The maximum atomic E-state index is 12.5. The third kappa shape index (κ3) is 3.79. The Kier molecular flexibility index (Phi) is 4.99. The fourth-order valence-electron chi connectivity index (χ4n) is 2.85. The predicted octanol–water partition coefficient (Wildman–Crippen LogP) is 1.87. The first-order chi connectivity index (χ1) is 12.0. The molecule has 6 heteroatoms. The average Bonchev–Trinajstić information content (AvgIpc) is 3.04. The molecular formula is C19H24N4O2. The zero-order valence-electron chi connectivity index (χ0n) is 15.2. The van der Waals surface area contributed by atoms with E-state index in [2.05, 4.69) is 9.97 Å². The minimum absolute atomic E-state index is 0.125. The molecule has 1 aromatic heterocycles. The van der Waals surface area contributed by atoms with Gasteiger partial charge in [-0.1, -0.05) is 12.1 Å². The van der Waals surface area contributed by atoms with Crippen molar-refractivity contribution in [2.75, 3.05) is 21.2 Å². The van der Waals surface area contributed by atoms with Gasteiger partial charge in [0.1, 0.15) is 11.6 Å². The Hall–Kier alpha value is -2.47. The largest absolute Gasteiger partial charge is 0.497 e. The summed E-state index contributed by atoms with van der Waals surface area (Å²) in [4.78, 5) is 25.4. The molecule has 1 aromatic carbocycles. The topological polar surface area (TPSA) is 58.6 Å². The molecule has 2 heterocycles. The van der Waals surface area contributed by atoms with Crippen molar-refractivity contribution in [3.63, 3.8) is 0 Å². The number of amides is 1. The first-order valence-corrected chi connectivity index (χ1v) is 8.39. The Bertz CT molecular complexity index is 759. The summed E-state index contributed by atoms with van der Waals surface area (Å²) in [5.41, 5.74) is 3.13. The van der Waals surface area contributed by atoms with Crippen molar-refractivity contribution in [1.82, 2.24) is 19.8 Å². The molecule has 0 saturated carbocycles. The van der Waals surface area contributed by atoms with Crippen LogP contribution >= 0.6 is 0 Å². The van der Waals surface area contributed by atoms with Crippen molar-refractivity contribution in [1.29, 1.82) is 0 Å². The van der Waals surface area contributed by atoms with Crippen molar-refractivity contribution in [2.45, 2.75) is 32.5 Å². The summed E-state index contributed by atoms with van der Waals surface area (Å²) in [5, 5.41) is 0. The maximum Gasteiger partial charge on any atom is 0.240 e. The van der Waals surface area contributed by atoms with Gasteiger partial charge in [0.05, 0.1) is 25.4 Å². The molecule has 1 aliphatic rings. The van der Waals surface area contributed by atoms with Gasteiger partial charge < -0.3 is 9.64 Å².